The molecule has 1 aromatic heterocycles. The van der Waals surface area contributed by atoms with E-state index < -0.39 is 4.92 Å². The smallest absolute Gasteiger partial charge is 0.236 e. The van der Waals surface area contributed by atoms with Crippen LogP contribution < -0.4 is 0 Å². The minimum atomic E-state index is -0.505. The average molecular weight is 217 g/mol. The summed E-state index contributed by atoms with van der Waals surface area (Å²) < 4.78 is 0.875. The van der Waals surface area contributed by atoms with Gasteiger partial charge >= 0.3 is 0 Å². The van der Waals surface area contributed by atoms with Crippen molar-refractivity contribution in [1.29, 1.82) is 0 Å². The van der Waals surface area contributed by atoms with Crippen LogP contribution in [0.5, 0.6) is 0 Å². The summed E-state index contributed by atoms with van der Waals surface area (Å²) in [6.45, 7) is 0. The van der Waals surface area contributed by atoms with Gasteiger partial charge in [-0.15, -0.1) is 0 Å². The predicted octanol–water partition coefficient (Wildman–Crippen LogP) is 2.02. The number of hydrogen-bond donors (Lipinski definition) is 1. The molecule has 0 aromatic carbocycles. The van der Waals surface area contributed by atoms with Gasteiger partial charge in [-0.25, -0.2) is 0 Å². The van der Waals surface area contributed by atoms with Crippen LogP contribution in [-0.4, -0.2) is 9.91 Å². The number of aromatic nitrogens is 1. The van der Waals surface area contributed by atoms with E-state index in [1.54, 1.807) is 12.3 Å². The molecule has 0 radical (unpaired) electrons. The summed E-state index contributed by atoms with van der Waals surface area (Å²) in [6.07, 6.45) is 3.99. The fourth-order valence-electron chi connectivity index (χ4n) is 0.622. The second kappa shape index (κ2) is 3.34. The van der Waals surface area contributed by atoms with E-state index in [4.69, 9.17) is 0 Å². The van der Waals surface area contributed by atoms with Gasteiger partial charge in [0.25, 0.3) is 0 Å². The van der Waals surface area contributed by atoms with Gasteiger partial charge in [0, 0.05) is 22.4 Å². The van der Waals surface area contributed by atoms with Crippen molar-refractivity contribution >= 4 is 22.0 Å². The minimum Gasteiger partial charge on any atom is -0.360 e. The lowest BCUT2D eigenvalue weighted by atomic mass is 10.4. The lowest BCUT2D eigenvalue weighted by molar-refractivity contribution is -0.401. The molecule has 0 fully saturated rings. The summed E-state index contributed by atoms with van der Waals surface area (Å²) in [7, 11) is 0. The number of hydrogen-bond acceptors (Lipinski definition) is 2. The Bertz CT molecular complexity index is 293. The lowest BCUT2D eigenvalue weighted by Crippen LogP contribution is -1.81. The lowest BCUT2D eigenvalue weighted by Gasteiger charge is -1.79. The monoisotopic (exact) mass is 216 g/mol. The van der Waals surface area contributed by atoms with Crippen LogP contribution in [0.15, 0.2) is 22.9 Å². The fourth-order valence-corrected chi connectivity index (χ4v) is 0.983. The maximum Gasteiger partial charge on any atom is 0.236 e. The van der Waals surface area contributed by atoms with E-state index in [1.165, 1.54) is 6.08 Å². The third-order valence-electron chi connectivity index (χ3n) is 1.05. The molecule has 0 aliphatic carbocycles. The van der Waals surface area contributed by atoms with Crippen molar-refractivity contribution in [2.75, 3.05) is 0 Å². The van der Waals surface area contributed by atoms with Crippen LogP contribution in [0.3, 0.4) is 0 Å². The third-order valence-corrected chi connectivity index (χ3v) is 1.50. The first-order valence-corrected chi connectivity index (χ1v) is 3.63. The van der Waals surface area contributed by atoms with E-state index in [2.05, 4.69) is 20.9 Å². The molecule has 1 aromatic rings. The van der Waals surface area contributed by atoms with Gasteiger partial charge in [0.15, 0.2) is 0 Å². The molecule has 5 heteroatoms. The van der Waals surface area contributed by atoms with Gasteiger partial charge in [-0.3, -0.25) is 10.1 Å². The summed E-state index contributed by atoms with van der Waals surface area (Å²) in [5, 5.41) is 9.87. The van der Waals surface area contributed by atoms with Crippen molar-refractivity contribution in [3.63, 3.8) is 0 Å². The molecule has 11 heavy (non-hydrogen) atoms. The van der Waals surface area contributed by atoms with Gasteiger partial charge in [-0.1, -0.05) is 0 Å². The van der Waals surface area contributed by atoms with Crippen LogP contribution in [0.4, 0.5) is 0 Å². The second-order valence-corrected chi connectivity index (χ2v) is 2.79. The molecule has 4 nitrogen and oxygen atoms in total. The van der Waals surface area contributed by atoms with Crippen LogP contribution in [0.25, 0.3) is 6.08 Å². The average Bonchev–Trinajstić information content (AvgIpc) is 2.31. The van der Waals surface area contributed by atoms with Gasteiger partial charge in [0.05, 0.1) is 4.92 Å². The van der Waals surface area contributed by atoms with Crippen molar-refractivity contribution in [3.05, 3.63) is 38.7 Å². The topological polar surface area (TPSA) is 58.9 Å². The highest BCUT2D eigenvalue weighted by atomic mass is 79.9. The van der Waals surface area contributed by atoms with Gasteiger partial charge < -0.3 is 4.98 Å². The van der Waals surface area contributed by atoms with Crippen molar-refractivity contribution in [2.24, 2.45) is 0 Å². The Hall–Kier alpha value is -1.10. The molecule has 0 unspecified atom stereocenters. The zero-order valence-corrected chi connectivity index (χ0v) is 7.04. The molecule has 0 amide bonds. The first-order valence-electron chi connectivity index (χ1n) is 2.84. The second-order valence-electron chi connectivity index (χ2n) is 1.87. The first-order chi connectivity index (χ1) is 5.18. The maximum absolute atomic E-state index is 9.87. The Balaban J connectivity index is 2.71. The maximum atomic E-state index is 9.87. The van der Waals surface area contributed by atoms with Crippen LogP contribution in [0.1, 0.15) is 5.69 Å². The largest absolute Gasteiger partial charge is 0.360 e. The molecule has 0 bridgehead atoms. The van der Waals surface area contributed by atoms with Gasteiger partial charge in [0.1, 0.15) is 0 Å². The molecule has 0 spiro atoms. The molecule has 0 saturated heterocycles. The molecule has 0 aliphatic rings. The molecular weight excluding hydrogens is 212 g/mol. The van der Waals surface area contributed by atoms with E-state index in [-0.39, 0.29) is 0 Å². The number of nitrogens with zero attached hydrogens (tertiary/aromatic N) is 1. The molecule has 1 N–H and O–H groups in total. The van der Waals surface area contributed by atoms with E-state index in [1.807, 2.05) is 0 Å². The molecule has 0 aliphatic heterocycles. The fraction of sp³-hybridized carbons (Fsp3) is 0. The normalized spacial score (nSPS) is 10.6. The Morgan fingerprint density at radius 1 is 1.73 bits per heavy atom. The summed E-state index contributed by atoms with van der Waals surface area (Å²) in [5.74, 6) is 0. The number of aromatic amines is 1. The summed E-state index contributed by atoms with van der Waals surface area (Å²) in [5.41, 5.74) is 0.702. The van der Waals surface area contributed by atoms with Gasteiger partial charge in [-0.2, -0.15) is 0 Å². The third kappa shape index (κ3) is 2.55. The summed E-state index contributed by atoms with van der Waals surface area (Å²) >= 11 is 3.20. The zero-order valence-electron chi connectivity index (χ0n) is 5.45. The number of nitrogens with one attached hydrogen (secondary N) is 1. The van der Waals surface area contributed by atoms with Crippen molar-refractivity contribution in [2.45, 2.75) is 0 Å². The Labute approximate surface area is 71.2 Å². The van der Waals surface area contributed by atoms with E-state index >= 15 is 0 Å². The zero-order chi connectivity index (χ0) is 8.27. The summed E-state index contributed by atoms with van der Waals surface area (Å²) in [6, 6.07) is 1.75. The van der Waals surface area contributed by atoms with Crippen molar-refractivity contribution in [1.82, 2.24) is 4.98 Å². The van der Waals surface area contributed by atoms with Gasteiger partial charge in [0.2, 0.25) is 6.20 Å². The van der Waals surface area contributed by atoms with Gasteiger partial charge in [-0.05, 0) is 22.0 Å². The number of nitro groups is 1. The number of halogens is 1. The summed E-state index contributed by atoms with van der Waals surface area (Å²) in [4.78, 5) is 12.2. The Morgan fingerprint density at radius 2 is 2.45 bits per heavy atom. The van der Waals surface area contributed by atoms with Crippen LogP contribution in [0, 0.1) is 10.1 Å². The highest BCUT2D eigenvalue weighted by Crippen LogP contribution is 2.11. The molecule has 0 atom stereocenters. The Kier molecular flexibility index (Phi) is 2.43. The van der Waals surface area contributed by atoms with Crippen molar-refractivity contribution < 1.29 is 4.92 Å². The quantitative estimate of drug-likeness (QED) is 0.608. The molecular formula is C6H5BrN2O2. The predicted molar refractivity (Wildman–Crippen MR) is 44.5 cm³/mol. The van der Waals surface area contributed by atoms with Crippen LogP contribution >= 0.6 is 15.9 Å². The molecule has 0 saturated carbocycles. The van der Waals surface area contributed by atoms with E-state index in [9.17, 15) is 10.1 Å². The highest BCUT2D eigenvalue weighted by molar-refractivity contribution is 9.10. The Morgan fingerprint density at radius 3 is 2.91 bits per heavy atom. The molecule has 1 heterocycles. The van der Waals surface area contributed by atoms with Crippen LogP contribution in [-0.2, 0) is 0 Å². The standard InChI is InChI=1S/C6H5BrN2O2/c7-5-3-6(8-4-5)1-2-9(10)11/h1-4,8H/b2-1+. The van der Waals surface area contributed by atoms with E-state index in [0.29, 0.717) is 5.69 Å². The molecule has 1 rings (SSSR count). The molecule has 58 valence electrons. The van der Waals surface area contributed by atoms with Crippen molar-refractivity contribution in [3.8, 4) is 0 Å². The van der Waals surface area contributed by atoms with E-state index in [0.717, 1.165) is 10.7 Å². The minimum absolute atomic E-state index is 0.505. The number of H-pyrrole nitrogens is 1. The highest BCUT2D eigenvalue weighted by Gasteiger charge is 1.92. The SMILES string of the molecule is O=[N+]([O-])/C=C/c1cc(Br)c[nH]1. The van der Waals surface area contributed by atoms with Crippen LogP contribution in [0.2, 0.25) is 0 Å². The first kappa shape index (κ1) is 8.00. The number of rotatable bonds is 2.